The smallest absolute Gasteiger partial charge is 0.223 e. The Bertz CT molecular complexity index is 835. The van der Waals surface area contributed by atoms with Crippen molar-refractivity contribution in [2.24, 2.45) is 0 Å². The quantitative estimate of drug-likeness (QED) is 0.700. The largest absolute Gasteiger partial charge is 0.253 e. The number of benzene rings is 1. The molecule has 2 heterocycles. The van der Waals surface area contributed by atoms with Crippen molar-refractivity contribution in [3.63, 3.8) is 0 Å². The Labute approximate surface area is 149 Å². The van der Waals surface area contributed by atoms with Crippen LogP contribution in [0.3, 0.4) is 0 Å². The van der Waals surface area contributed by atoms with Crippen LogP contribution in [0.25, 0.3) is 17.2 Å². The van der Waals surface area contributed by atoms with Gasteiger partial charge in [0.2, 0.25) is 5.82 Å². The Balaban J connectivity index is 2.09. The molecule has 3 rings (SSSR count). The second-order valence-electron chi connectivity index (χ2n) is 8.39. The van der Waals surface area contributed by atoms with E-state index in [0.29, 0.717) is 5.82 Å². The lowest BCUT2D eigenvalue weighted by atomic mass is 9.80. The van der Waals surface area contributed by atoms with E-state index in [4.69, 9.17) is 0 Å². The van der Waals surface area contributed by atoms with Gasteiger partial charge in [0, 0.05) is 6.20 Å². The van der Waals surface area contributed by atoms with E-state index >= 15 is 0 Å². The van der Waals surface area contributed by atoms with E-state index in [0.717, 1.165) is 11.4 Å². The molecule has 0 aliphatic carbocycles. The van der Waals surface area contributed by atoms with Crippen molar-refractivity contribution in [2.75, 3.05) is 0 Å². The molecule has 2 aromatic heterocycles. The summed E-state index contributed by atoms with van der Waals surface area (Å²) in [5, 5.41) is 12.9. The van der Waals surface area contributed by atoms with Gasteiger partial charge >= 0.3 is 0 Å². The summed E-state index contributed by atoms with van der Waals surface area (Å²) >= 11 is 0. The summed E-state index contributed by atoms with van der Waals surface area (Å²) in [5.41, 5.74) is 4.24. The number of tetrazole rings is 1. The Morgan fingerprint density at radius 2 is 1.48 bits per heavy atom. The molecular formula is C20H25N5. The molecule has 0 aliphatic rings. The van der Waals surface area contributed by atoms with Gasteiger partial charge in [0.05, 0.1) is 5.69 Å². The van der Waals surface area contributed by atoms with Crippen molar-refractivity contribution in [3.8, 4) is 17.2 Å². The molecule has 0 aliphatic heterocycles. The highest BCUT2D eigenvalue weighted by Gasteiger charge is 2.21. The van der Waals surface area contributed by atoms with E-state index in [1.54, 1.807) is 11.0 Å². The predicted molar refractivity (Wildman–Crippen MR) is 99.8 cm³/mol. The van der Waals surface area contributed by atoms with Gasteiger partial charge in [-0.2, -0.15) is 0 Å². The van der Waals surface area contributed by atoms with Gasteiger partial charge in [-0.15, -0.1) is 15.0 Å². The van der Waals surface area contributed by atoms with Crippen molar-refractivity contribution in [3.05, 3.63) is 53.7 Å². The third-order valence-corrected chi connectivity index (χ3v) is 4.19. The van der Waals surface area contributed by atoms with Crippen LogP contribution in [0, 0.1) is 0 Å². The molecule has 0 atom stereocenters. The minimum absolute atomic E-state index is 0.0421. The zero-order chi connectivity index (χ0) is 18.2. The summed E-state index contributed by atoms with van der Waals surface area (Å²) in [6, 6.07) is 12.2. The number of pyridine rings is 1. The molecule has 0 saturated carbocycles. The van der Waals surface area contributed by atoms with Crippen LogP contribution < -0.4 is 0 Å². The highest BCUT2D eigenvalue weighted by Crippen LogP contribution is 2.31. The molecule has 0 bridgehead atoms. The maximum absolute atomic E-state index is 4.53. The molecule has 0 N–H and O–H groups in total. The minimum Gasteiger partial charge on any atom is -0.253 e. The maximum atomic E-state index is 4.53. The molecule has 0 fully saturated rings. The van der Waals surface area contributed by atoms with Crippen molar-refractivity contribution < 1.29 is 0 Å². The van der Waals surface area contributed by atoms with Crippen LogP contribution in [0.1, 0.15) is 52.7 Å². The maximum Gasteiger partial charge on any atom is 0.223 e. The number of hydrogen-bond donors (Lipinski definition) is 0. The zero-order valence-electron chi connectivity index (χ0n) is 15.8. The Hall–Kier alpha value is -2.56. The van der Waals surface area contributed by atoms with Crippen LogP contribution in [-0.2, 0) is 10.8 Å². The van der Waals surface area contributed by atoms with Crippen molar-refractivity contribution in [1.29, 1.82) is 0 Å². The lowest BCUT2D eigenvalue weighted by Crippen LogP contribution is -2.17. The van der Waals surface area contributed by atoms with Gasteiger partial charge in [0.15, 0.2) is 0 Å². The van der Waals surface area contributed by atoms with Crippen LogP contribution in [0.4, 0.5) is 0 Å². The van der Waals surface area contributed by atoms with Gasteiger partial charge in [-0.1, -0.05) is 53.7 Å². The van der Waals surface area contributed by atoms with Gasteiger partial charge < -0.3 is 0 Å². The molecule has 5 heteroatoms. The van der Waals surface area contributed by atoms with Gasteiger partial charge in [0.25, 0.3) is 0 Å². The van der Waals surface area contributed by atoms with E-state index in [9.17, 15) is 0 Å². The zero-order valence-corrected chi connectivity index (χ0v) is 15.8. The lowest BCUT2D eigenvalue weighted by Gasteiger charge is -2.25. The Morgan fingerprint density at radius 1 is 0.840 bits per heavy atom. The predicted octanol–water partition coefficient (Wildman–Crippen LogP) is 4.32. The second-order valence-corrected chi connectivity index (χ2v) is 8.39. The highest BCUT2D eigenvalue weighted by molar-refractivity contribution is 5.48. The average Bonchev–Trinajstić information content (AvgIpc) is 3.04. The molecule has 25 heavy (non-hydrogen) atoms. The fraction of sp³-hybridized carbons (Fsp3) is 0.400. The summed E-state index contributed by atoms with van der Waals surface area (Å²) in [7, 11) is 0. The first-order valence-electron chi connectivity index (χ1n) is 8.52. The Morgan fingerprint density at radius 3 is 2.00 bits per heavy atom. The summed E-state index contributed by atoms with van der Waals surface area (Å²) in [6.07, 6.45) is 1.73. The monoisotopic (exact) mass is 335 g/mol. The van der Waals surface area contributed by atoms with Crippen molar-refractivity contribution in [2.45, 2.75) is 52.4 Å². The van der Waals surface area contributed by atoms with Crippen LogP contribution in [0.5, 0.6) is 0 Å². The number of nitrogens with zero attached hydrogens (tertiary/aromatic N) is 5. The third kappa shape index (κ3) is 3.76. The molecule has 130 valence electrons. The first-order valence-corrected chi connectivity index (χ1v) is 8.52. The average molecular weight is 335 g/mol. The number of hydrogen-bond acceptors (Lipinski definition) is 4. The van der Waals surface area contributed by atoms with Crippen molar-refractivity contribution in [1.82, 2.24) is 25.2 Å². The third-order valence-electron chi connectivity index (χ3n) is 4.19. The van der Waals surface area contributed by atoms with Crippen molar-refractivity contribution >= 4 is 0 Å². The van der Waals surface area contributed by atoms with E-state index < -0.39 is 0 Å². The van der Waals surface area contributed by atoms with Crippen LogP contribution >= 0.6 is 0 Å². The molecule has 0 amide bonds. The SMILES string of the molecule is CC(C)(C)c1cc(-n2nnc(-c3ccccn3)n2)cc(C(C)(C)C)c1. The van der Waals surface area contributed by atoms with E-state index in [1.165, 1.54) is 11.1 Å². The summed E-state index contributed by atoms with van der Waals surface area (Å²) in [6.45, 7) is 13.3. The molecule has 1 aromatic carbocycles. The van der Waals surface area contributed by atoms with Gasteiger partial charge in [0.1, 0.15) is 5.69 Å². The standard InChI is InChI=1S/C20H25N5/c1-19(2,3)14-11-15(20(4,5)6)13-16(12-14)25-23-18(22-24-25)17-9-7-8-10-21-17/h7-13H,1-6H3. The van der Waals surface area contributed by atoms with E-state index in [1.807, 2.05) is 18.2 Å². The van der Waals surface area contributed by atoms with Crippen LogP contribution in [0.2, 0.25) is 0 Å². The number of aromatic nitrogens is 5. The fourth-order valence-corrected chi connectivity index (χ4v) is 2.51. The Kier molecular flexibility index (Phi) is 4.19. The molecular weight excluding hydrogens is 310 g/mol. The van der Waals surface area contributed by atoms with Crippen LogP contribution in [-0.4, -0.2) is 25.2 Å². The van der Waals surface area contributed by atoms with E-state index in [2.05, 4.69) is 80.1 Å². The topological polar surface area (TPSA) is 56.5 Å². The molecule has 0 spiro atoms. The van der Waals surface area contributed by atoms with Crippen LogP contribution in [0.15, 0.2) is 42.6 Å². The highest BCUT2D eigenvalue weighted by atomic mass is 15.6. The molecule has 3 aromatic rings. The molecule has 0 unspecified atom stereocenters. The van der Waals surface area contributed by atoms with Gasteiger partial charge in [-0.3, -0.25) is 4.98 Å². The molecule has 0 saturated heterocycles. The fourth-order valence-electron chi connectivity index (χ4n) is 2.51. The van der Waals surface area contributed by atoms with Gasteiger partial charge in [-0.05, 0) is 51.4 Å². The molecule has 0 radical (unpaired) electrons. The lowest BCUT2D eigenvalue weighted by molar-refractivity contribution is 0.565. The number of rotatable bonds is 2. The normalized spacial score (nSPS) is 12.4. The molecule has 5 nitrogen and oxygen atoms in total. The first kappa shape index (κ1) is 17.3. The summed E-state index contributed by atoms with van der Waals surface area (Å²) in [4.78, 5) is 5.88. The van der Waals surface area contributed by atoms with Gasteiger partial charge in [-0.25, -0.2) is 0 Å². The minimum atomic E-state index is 0.0421. The van der Waals surface area contributed by atoms with E-state index in [-0.39, 0.29) is 10.8 Å². The summed E-state index contributed by atoms with van der Waals surface area (Å²) in [5.74, 6) is 0.527. The summed E-state index contributed by atoms with van der Waals surface area (Å²) < 4.78 is 0. The second kappa shape index (κ2) is 6.06. The first-order chi connectivity index (χ1) is 11.6.